The summed E-state index contributed by atoms with van der Waals surface area (Å²) < 4.78 is 21.0. The molecule has 0 bridgehead atoms. The molecule has 0 aromatic heterocycles. The van der Waals surface area contributed by atoms with E-state index in [2.05, 4.69) is 0 Å². The van der Waals surface area contributed by atoms with Crippen LogP contribution in [0.5, 0.6) is 17.2 Å². The third-order valence-corrected chi connectivity index (χ3v) is 4.71. The van der Waals surface area contributed by atoms with Crippen molar-refractivity contribution in [3.8, 4) is 17.2 Å². The highest BCUT2D eigenvalue weighted by molar-refractivity contribution is 6.30. The van der Waals surface area contributed by atoms with E-state index < -0.39 is 5.97 Å². The van der Waals surface area contributed by atoms with Gasteiger partial charge in [0, 0.05) is 23.7 Å². The number of fused-ring (bicyclic) bond motifs is 1. The summed E-state index contributed by atoms with van der Waals surface area (Å²) in [6.45, 7) is 2.59. The molecular formula is C21H22ClNO6. The number of ether oxygens (including phenoxy) is 4. The summed E-state index contributed by atoms with van der Waals surface area (Å²) in [5, 5.41) is 0.491. The minimum absolute atomic E-state index is 0.0364. The zero-order valence-electron chi connectivity index (χ0n) is 16.3. The van der Waals surface area contributed by atoms with Crippen molar-refractivity contribution in [1.29, 1.82) is 0 Å². The van der Waals surface area contributed by atoms with Crippen LogP contribution in [0.15, 0.2) is 36.4 Å². The molecule has 0 N–H and O–H groups in total. The molecular weight excluding hydrogens is 398 g/mol. The Balaban J connectivity index is 1.54. The van der Waals surface area contributed by atoms with Gasteiger partial charge in [-0.3, -0.25) is 9.59 Å². The first kappa shape index (κ1) is 20.8. The van der Waals surface area contributed by atoms with Crippen molar-refractivity contribution in [2.24, 2.45) is 0 Å². The Morgan fingerprint density at radius 3 is 2.69 bits per heavy atom. The van der Waals surface area contributed by atoms with Crippen LogP contribution in [0.4, 0.5) is 0 Å². The molecule has 0 unspecified atom stereocenters. The number of likely N-dealkylation sites (N-methyl/N-ethyl adjacent to an activating group) is 1. The second kappa shape index (κ2) is 9.52. The van der Waals surface area contributed by atoms with Gasteiger partial charge in [-0.05, 0) is 42.8 Å². The third kappa shape index (κ3) is 5.32. The molecule has 3 rings (SSSR count). The fourth-order valence-corrected chi connectivity index (χ4v) is 3.16. The van der Waals surface area contributed by atoms with Gasteiger partial charge in [0.2, 0.25) is 6.79 Å². The van der Waals surface area contributed by atoms with Crippen molar-refractivity contribution in [3.05, 3.63) is 52.5 Å². The lowest BCUT2D eigenvalue weighted by Gasteiger charge is -2.21. The van der Waals surface area contributed by atoms with Crippen molar-refractivity contribution < 1.29 is 28.5 Å². The smallest absolute Gasteiger partial charge is 0.310 e. The zero-order chi connectivity index (χ0) is 20.8. The Morgan fingerprint density at radius 1 is 1.14 bits per heavy atom. The number of hydrogen-bond donors (Lipinski definition) is 0. The van der Waals surface area contributed by atoms with Crippen molar-refractivity contribution >= 4 is 23.5 Å². The van der Waals surface area contributed by atoms with E-state index in [9.17, 15) is 9.59 Å². The van der Waals surface area contributed by atoms with E-state index in [1.165, 1.54) is 7.11 Å². The Morgan fingerprint density at radius 2 is 1.93 bits per heavy atom. The van der Waals surface area contributed by atoms with E-state index in [-0.39, 0.29) is 25.7 Å². The fourth-order valence-electron chi connectivity index (χ4n) is 2.96. The van der Waals surface area contributed by atoms with E-state index >= 15 is 0 Å². The van der Waals surface area contributed by atoms with Crippen LogP contribution in [0.25, 0.3) is 0 Å². The normalized spacial score (nSPS) is 11.8. The Bertz CT molecular complexity index is 901. The summed E-state index contributed by atoms with van der Waals surface area (Å²) in [6.07, 6.45) is -0.0364. The lowest BCUT2D eigenvalue weighted by molar-refractivity contribution is -0.151. The van der Waals surface area contributed by atoms with Crippen molar-refractivity contribution in [3.63, 3.8) is 0 Å². The molecule has 0 radical (unpaired) electrons. The number of amides is 1. The van der Waals surface area contributed by atoms with Gasteiger partial charge < -0.3 is 23.8 Å². The van der Waals surface area contributed by atoms with Crippen molar-refractivity contribution in [2.75, 3.05) is 27.1 Å². The number of nitrogens with zero attached hydrogens (tertiary/aromatic N) is 1. The molecule has 1 aliphatic heterocycles. The van der Waals surface area contributed by atoms with Gasteiger partial charge in [-0.2, -0.15) is 0 Å². The van der Waals surface area contributed by atoms with Gasteiger partial charge >= 0.3 is 5.97 Å². The van der Waals surface area contributed by atoms with Gasteiger partial charge in [-0.1, -0.05) is 17.7 Å². The van der Waals surface area contributed by atoms with Crippen LogP contribution in [-0.2, 0) is 27.3 Å². The second-order valence-electron chi connectivity index (χ2n) is 6.39. The molecule has 0 saturated heterocycles. The lowest BCUT2D eigenvalue weighted by Crippen LogP contribution is -2.34. The van der Waals surface area contributed by atoms with Crippen LogP contribution >= 0.6 is 11.6 Å². The molecule has 0 aliphatic carbocycles. The minimum atomic E-state index is -0.530. The summed E-state index contributed by atoms with van der Waals surface area (Å²) in [5.41, 5.74) is 1.50. The predicted molar refractivity (Wildman–Crippen MR) is 106 cm³/mol. The largest absolute Gasteiger partial charge is 0.496 e. The first-order chi connectivity index (χ1) is 14.0. The maximum Gasteiger partial charge on any atom is 0.310 e. The summed E-state index contributed by atoms with van der Waals surface area (Å²) in [5.74, 6) is 1.08. The van der Waals surface area contributed by atoms with Gasteiger partial charge in [0.15, 0.2) is 18.1 Å². The second-order valence-corrected chi connectivity index (χ2v) is 6.83. The Hall–Kier alpha value is -2.93. The number of rotatable bonds is 8. The van der Waals surface area contributed by atoms with Gasteiger partial charge in [0.1, 0.15) is 5.75 Å². The highest BCUT2D eigenvalue weighted by Crippen LogP contribution is 2.32. The van der Waals surface area contributed by atoms with Gasteiger partial charge in [-0.15, -0.1) is 0 Å². The van der Waals surface area contributed by atoms with Gasteiger partial charge in [0.05, 0.1) is 13.5 Å². The number of carbonyl (C=O) groups is 2. The van der Waals surface area contributed by atoms with Crippen LogP contribution in [0.2, 0.25) is 5.02 Å². The molecule has 154 valence electrons. The molecule has 2 aromatic rings. The molecule has 8 heteroatoms. The monoisotopic (exact) mass is 419 g/mol. The first-order valence-electron chi connectivity index (χ1n) is 9.14. The van der Waals surface area contributed by atoms with Gasteiger partial charge in [0.25, 0.3) is 5.91 Å². The summed E-state index contributed by atoms with van der Waals surface area (Å²) in [6, 6.07) is 10.5. The average Bonchev–Trinajstić information content (AvgIpc) is 3.18. The van der Waals surface area contributed by atoms with Crippen molar-refractivity contribution in [1.82, 2.24) is 4.90 Å². The predicted octanol–water partition coefficient (Wildman–Crippen LogP) is 3.21. The molecule has 29 heavy (non-hydrogen) atoms. The van der Waals surface area contributed by atoms with Crippen LogP contribution in [0.1, 0.15) is 18.1 Å². The fraction of sp³-hybridized carbons (Fsp3) is 0.333. The number of benzene rings is 2. The zero-order valence-corrected chi connectivity index (χ0v) is 17.0. The molecule has 1 aliphatic rings. The standard InChI is InChI=1S/C21H22ClNO6/c1-3-23(11-14-4-6-18-19(8-14)29-13-28-18)20(24)12-27-21(25)10-15-9-16(22)5-7-17(15)26-2/h4-9H,3,10-13H2,1-2H3. The van der Waals surface area contributed by atoms with Gasteiger partial charge in [-0.25, -0.2) is 0 Å². The van der Waals surface area contributed by atoms with Crippen LogP contribution < -0.4 is 14.2 Å². The summed E-state index contributed by atoms with van der Waals surface area (Å²) >= 11 is 5.97. The number of carbonyl (C=O) groups excluding carboxylic acids is 2. The number of esters is 1. The molecule has 0 atom stereocenters. The SMILES string of the molecule is CCN(Cc1ccc2c(c1)OCO2)C(=O)COC(=O)Cc1cc(Cl)ccc1OC. The first-order valence-corrected chi connectivity index (χ1v) is 9.52. The molecule has 1 amide bonds. The van der Waals surface area contributed by atoms with E-state index in [0.29, 0.717) is 40.9 Å². The van der Waals surface area contributed by atoms with Crippen LogP contribution in [0, 0.1) is 0 Å². The number of halogens is 1. The average molecular weight is 420 g/mol. The highest BCUT2D eigenvalue weighted by atomic mass is 35.5. The molecule has 0 spiro atoms. The lowest BCUT2D eigenvalue weighted by atomic mass is 10.1. The highest BCUT2D eigenvalue weighted by Gasteiger charge is 2.18. The van der Waals surface area contributed by atoms with E-state index in [4.69, 9.17) is 30.5 Å². The molecule has 0 saturated carbocycles. The molecule has 1 heterocycles. The van der Waals surface area contributed by atoms with Crippen LogP contribution in [0.3, 0.4) is 0 Å². The third-order valence-electron chi connectivity index (χ3n) is 4.48. The minimum Gasteiger partial charge on any atom is -0.496 e. The van der Waals surface area contributed by atoms with Crippen molar-refractivity contribution in [2.45, 2.75) is 19.9 Å². The summed E-state index contributed by atoms with van der Waals surface area (Å²) in [7, 11) is 1.51. The summed E-state index contributed by atoms with van der Waals surface area (Å²) in [4.78, 5) is 26.3. The topological polar surface area (TPSA) is 74.3 Å². The van der Waals surface area contributed by atoms with E-state index in [0.717, 1.165) is 5.56 Å². The molecule has 2 aromatic carbocycles. The molecule has 0 fully saturated rings. The number of methoxy groups -OCH3 is 1. The van der Waals surface area contributed by atoms with E-state index in [1.807, 2.05) is 25.1 Å². The quantitative estimate of drug-likeness (QED) is 0.612. The maximum atomic E-state index is 12.5. The van der Waals surface area contributed by atoms with E-state index in [1.54, 1.807) is 23.1 Å². The number of hydrogen-bond acceptors (Lipinski definition) is 6. The Labute approximate surface area is 174 Å². The molecule has 7 nitrogen and oxygen atoms in total. The Kier molecular flexibility index (Phi) is 6.82. The van der Waals surface area contributed by atoms with Crippen LogP contribution in [-0.4, -0.2) is 43.8 Å². The maximum absolute atomic E-state index is 12.5.